The highest BCUT2D eigenvalue weighted by molar-refractivity contribution is 9.10. The summed E-state index contributed by atoms with van der Waals surface area (Å²) < 4.78 is 7.62. The Morgan fingerprint density at radius 1 is 1.61 bits per heavy atom. The Morgan fingerprint density at radius 2 is 2.33 bits per heavy atom. The first-order chi connectivity index (χ1) is 8.47. The van der Waals surface area contributed by atoms with Crippen LogP contribution in [0.4, 0.5) is 0 Å². The minimum absolute atomic E-state index is 0.137. The Morgan fingerprint density at radius 3 is 2.83 bits per heavy atom. The van der Waals surface area contributed by atoms with Gasteiger partial charge in [0.1, 0.15) is 0 Å². The molecule has 2 aromatic heterocycles. The van der Waals surface area contributed by atoms with Crippen LogP contribution in [0.3, 0.4) is 0 Å². The Bertz CT molecular complexity index is 574. The van der Waals surface area contributed by atoms with Crippen LogP contribution in [0.1, 0.15) is 21.7 Å². The summed E-state index contributed by atoms with van der Waals surface area (Å²) >= 11 is 3.22. The van der Waals surface area contributed by atoms with Crippen LogP contribution in [0.25, 0.3) is 0 Å². The molecule has 18 heavy (non-hydrogen) atoms. The molecular formula is C12H14BrN3O2. The maximum absolute atomic E-state index is 12.2. The topological polar surface area (TPSA) is 51.3 Å². The summed E-state index contributed by atoms with van der Waals surface area (Å²) in [6.45, 7) is 2.35. The summed E-state index contributed by atoms with van der Waals surface area (Å²) in [5.74, 6) is 0.232. The standard InChI is InChI=1S/C12H14BrN3O2/c1-8-4-10(13)18-11(8)12(17)15(2)6-9-5-14-16(3)7-9/h4-5,7H,6H2,1-3H3. The molecule has 96 valence electrons. The maximum atomic E-state index is 12.2. The van der Waals surface area contributed by atoms with Gasteiger partial charge in [0.15, 0.2) is 10.4 Å². The molecule has 5 nitrogen and oxygen atoms in total. The lowest BCUT2D eigenvalue weighted by atomic mass is 10.2. The molecule has 1 amide bonds. The fourth-order valence-electron chi connectivity index (χ4n) is 1.73. The first-order valence-corrected chi connectivity index (χ1v) is 6.25. The van der Waals surface area contributed by atoms with E-state index in [1.165, 1.54) is 0 Å². The predicted octanol–water partition coefficient (Wildman–Crippen LogP) is 2.36. The molecule has 2 rings (SSSR count). The van der Waals surface area contributed by atoms with Crippen molar-refractivity contribution in [2.45, 2.75) is 13.5 Å². The largest absolute Gasteiger partial charge is 0.444 e. The summed E-state index contributed by atoms with van der Waals surface area (Å²) in [6, 6.07) is 1.78. The van der Waals surface area contributed by atoms with E-state index in [1.807, 2.05) is 20.2 Å². The summed E-state index contributed by atoms with van der Waals surface area (Å²) in [6.07, 6.45) is 3.63. The van der Waals surface area contributed by atoms with E-state index in [9.17, 15) is 4.79 Å². The van der Waals surface area contributed by atoms with E-state index in [2.05, 4.69) is 21.0 Å². The van der Waals surface area contributed by atoms with E-state index < -0.39 is 0 Å². The lowest BCUT2D eigenvalue weighted by Gasteiger charge is -2.14. The van der Waals surface area contributed by atoms with E-state index in [-0.39, 0.29) is 5.91 Å². The predicted molar refractivity (Wildman–Crippen MR) is 70.2 cm³/mol. The van der Waals surface area contributed by atoms with Gasteiger partial charge in [-0.05, 0) is 28.9 Å². The van der Waals surface area contributed by atoms with Crippen molar-refractivity contribution in [3.8, 4) is 0 Å². The highest BCUT2D eigenvalue weighted by atomic mass is 79.9. The first-order valence-electron chi connectivity index (χ1n) is 5.46. The van der Waals surface area contributed by atoms with Gasteiger partial charge in [0.05, 0.1) is 6.20 Å². The van der Waals surface area contributed by atoms with Crippen molar-refractivity contribution in [3.05, 3.63) is 40.0 Å². The third-order valence-electron chi connectivity index (χ3n) is 2.61. The molecule has 6 heteroatoms. The molecule has 0 aliphatic heterocycles. The maximum Gasteiger partial charge on any atom is 0.289 e. The second kappa shape index (κ2) is 4.97. The summed E-state index contributed by atoms with van der Waals surface area (Å²) in [5, 5.41) is 4.07. The fourth-order valence-corrected chi connectivity index (χ4v) is 2.23. The van der Waals surface area contributed by atoms with Crippen molar-refractivity contribution in [1.29, 1.82) is 0 Å². The molecule has 0 fully saturated rings. The van der Waals surface area contributed by atoms with Gasteiger partial charge in [0, 0.05) is 38.0 Å². The lowest BCUT2D eigenvalue weighted by Crippen LogP contribution is -2.26. The highest BCUT2D eigenvalue weighted by Gasteiger charge is 2.19. The highest BCUT2D eigenvalue weighted by Crippen LogP contribution is 2.21. The van der Waals surface area contributed by atoms with Crippen LogP contribution in [0.5, 0.6) is 0 Å². The Balaban J connectivity index is 2.11. The molecule has 0 spiro atoms. The quantitative estimate of drug-likeness (QED) is 0.874. The van der Waals surface area contributed by atoms with E-state index in [4.69, 9.17) is 4.42 Å². The average molecular weight is 312 g/mol. The number of aryl methyl sites for hydroxylation is 2. The number of halogens is 1. The molecule has 0 saturated heterocycles. The molecule has 0 aliphatic carbocycles. The van der Waals surface area contributed by atoms with Crippen LogP contribution < -0.4 is 0 Å². The number of furan rings is 1. The molecule has 2 aromatic rings. The number of hydrogen-bond acceptors (Lipinski definition) is 3. The van der Waals surface area contributed by atoms with Gasteiger partial charge in [-0.1, -0.05) is 0 Å². The van der Waals surface area contributed by atoms with Gasteiger partial charge in [-0.2, -0.15) is 5.10 Å². The van der Waals surface area contributed by atoms with E-state index in [0.717, 1.165) is 11.1 Å². The van der Waals surface area contributed by atoms with Crippen LogP contribution in [-0.4, -0.2) is 27.6 Å². The Hall–Kier alpha value is -1.56. The van der Waals surface area contributed by atoms with E-state index >= 15 is 0 Å². The summed E-state index contributed by atoms with van der Waals surface area (Å²) in [5.41, 5.74) is 1.81. The number of rotatable bonds is 3. The zero-order chi connectivity index (χ0) is 13.3. The molecule has 0 saturated carbocycles. The number of carbonyl (C=O) groups is 1. The van der Waals surface area contributed by atoms with Crippen molar-refractivity contribution in [2.75, 3.05) is 7.05 Å². The van der Waals surface area contributed by atoms with Crippen molar-refractivity contribution >= 4 is 21.8 Å². The van der Waals surface area contributed by atoms with Crippen molar-refractivity contribution < 1.29 is 9.21 Å². The van der Waals surface area contributed by atoms with E-state index in [0.29, 0.717) is 17.0 Å². The van der Waals surface area contributed by atoms with Crippen LogP contribution in [0, 0.1) is 6.92 Å². The smallest absolute Gasteiger partial charge is 0.289 e. The van der Waals surface area contributed by atoms with Gasteiger partial charge < -0.3 is 9.32 Å². The molecule has 0 radical (unpaired) electrons. The molecule has 0 atom stereocenters. The number of hydrogen-bond donors (Lipinski definition) is 0. The average Bonchev–Trinajstić information content (AvgIpc) is 2.84. The zero-order valence-electron chi connectivity index (χ0n) is 10.5. The van der Waals surface area contributed by atoms with Gasteiger partial charge >= 0.3 is 0 Å². The summed E-state index contributed by atoms with van der Waals surface area (Å²) in [4.78, 5) is 13.8. The SMILES string of the molecule is Cc1cc(Br)oc1C(=O)N(C)Cc1cnn(C)c1. The van der Waals surface area contributed by atoms with Crippen LogP contribution in [0.2, 0.25) is 0 Å². The normalized spacial score (nSPS) is 10.7. The van der Waals surface area contributed by atoms with Gasteiger partial charge in [-0.15, -0.1) is 0 Å². The third kappa shape index (κ3) is 2.64. The second-order valence-electron chi connectivity index (χ2n) is 4.25. The lowest BCUT2D eigenvalue weighted by molar-refractivity contribution is 0.0751. The van der Waals surface area contributed by atoms with Gasteiger partial charge in [0.25, 0.3) is 5.91 Å². The second-order valence-corrected chi connectivity index (χ2v) is 5.03. The Labute approximate surface area is 114 Å². The molecule has 2 heterocycles. The van der Waals surface area contributed by atoms with Crippen molar-refractivity contribution in [2.24, 2.45) is 7.05 Å². The fraction of sp³-hybridized carbons (Fsp3) is 0.333. The molecule has 0 aromatic carbocycles. The molecule has 0 bridgehead atoms. The summed E-state index contributed by atoms with van der Waals surface area (Å²) in [7, 11) is 3.59. The van der Waals surface area contributed by atoms with Crippen molar-refractivity contribution in [3.63, 3.8) is 0 Å². The number of nitrogens with zero attached hydrogens (tertiary/aromatic N) is 3. The van der Waals surface area contributed by atoms with Gasteiger partial charge in [0.2, 0.25) is 0 Å². The molecule has 0 unspecified atom stereocenters. The number of carbonyl (C=O) groups excluding carboxylic acids is 1. The van der Waals surface area contributed by atoms with Gasteiger partial charge in [-0.25, -0.2) is 0 Å². The van der Waals surface area contributed by atoms with Crippen LogP contribution in [-0.2, 0) is 13.6 Å². The first kappa shape index (κ1) is 12.9. The third-order valence-corrected chi connectivity index (χ3v) is 3.00. The minimum Gasteiger partial charge on any atom is -0.444 e. The van der Waals surface area contributed by atoms with Gasteiger partial charge in [-0.3, -0.25) is 9.48 Å². The molecule has 0 aliphatic rings. The minimum atomic E-state index is -0.137. The molecule has 0 N–H and O–H groups in total. The zero-order valence-corrected chi connectivity index (χ0v) is 12.1. The van der Waals surface area contributed by atoms with Crippen LogP contribution in [0.15, 0.2) is 27.5 Å². The monoisotopic (exact) mass is 311 g/mol. The Kier molecular flexibility index (Phi) is 3.56. The van der Waals surface area contributed by atoms with Crippen molar-refractivity contribution in [1.82, 2.24) is 14.7 Å². The number of aromatic nitrogens is 2. The van der Waals surface area contributed by atoms with Crippen LogP contribution >= 0.6 is 15.9 Å². The number of amides is 1. The molecular weight excluding hydrogens is 298 g/mol. The van der Waals surface area contributed by atoms with E-state index in [1.54, 1.807) is 28.9 Å².